The number of hydrogen-bond acceptors (Lipinski definition) is 3. The van der Waals surface area contributed by atoms with Crippen molar-refractivity contribution in [1.29, 1.82) is 0 Å². The average Bonchev–Trinajstić information content (AvgIpc) is 2.68. The molecule has 0 spiro atoms. The van der Waals surface area contributed by atoms with Crippen LogP contribution >= 0.6 is 0 Å². The lowest BCUT2D eigenvalue weighted by Gasteiger charge is -2.36. The van der Waals surface area contributed by atoms with E-state index in [0.717, 1.165) is 13.0 Å². The summed E-state index contributed by atoms with van der Waals surface area (Å²) in [4.78, 5) is 0. The highest BCUT2D eigenvalue weighted by Gasteiger charge is 2.36. The van der Waals surface area contributed by atoms with E-state index in [4.69, 9.17) is 13.7 Å². The summed E-state index contributed by atoms with van der Waals surface area (Å²) in [6.07, 6.45) is 3.01. The van der Waals surface area contributed by atoms with E-state index in [2.05, 4.69) is 39.9 Å². The van der Waals surface area contributed by atoms with Gasteiger partial charge in [-0.05, 0) is 24.6 Å². The fourth-order valence-corrected chi connectivity index (χ4v) is 2.35. The van der Waals surface area contributed by atoms with Crippen molar-refractivity contribution >= 4 is 15.4 Å². The molecule has 0 aromatic heterocycles. The van der Waals surface area contributed by atoms with E-state index in [9.17, 15) is 0 Å². The molecule has 98 valence electrons. The molecule has 0 radical (unpaired) electrons. The minimum atomic E-state index is -1.58. The lowest BCUT2D eigenvalue weighted by Crippen LogP contribution is -2.40. The van der Waals surface area contributed by atoms with Crippen LogP contribution in [0.15, 0.2) is 12.1 Å². The maximum atomic E-state index is 6.06. The summed E-state index contributed by atoms with van der Waals surface area (Å²) in [5, 5.41) is 0.286. The molecule has 1 rings (SSSR count). The van der Waals surface area contributed by atoms with Crippen molar-refractivity contribution in [2.45, 2.75) is 45.3 Å². The second kappa shape index (κ2) is 6.18. The fourth-order valence-electron chi connectivity index (χ4n) is 1.29. The van der Waals surface area contributed by atoms with Crippen molar-refractivity contribution in [1.82, 2.24) is 0 Å². The van der Waals surface area contributed by atoms with E-state index in [0.29, 0.717) is 13.2 Å². The maximum absolute atomic E-state index is 6.06. The Balaban J connectivity index is 2.19. The minimum Gasteiger partial charge on any atom is -0.417 e. The molecule has 0 atom stereocenters. The highest BCUT2D eigenvalue weighted by Crippen LogP contribution is 2.36. The van der Waals surface area contributed by atoms with Crippen molar-refractivity contribution in [3.05, 3.63) is 12.1 Å². The van der Waals surface area contributed by atoms with Crippen LogP contribution in [-0.4, -0.2) is 35.3 Å². The van der Waals surface area contributed by atoms with Gasteiger partial charge in [0, 0.05) is 6.61 Å². The Morgan fingerprint density at radius 1 is 1.24 bits per heavy atom. The molecule has 1 fully saturated rings. The Bertz CT molecular complexity index is 255. The van der Waals surface area contributed by atoms with Gasteiger partial charge in [-0.2, -0.15) is 0 Å². The second-order valence-corrected chi connectivity index (χ2v) is 10.7. The molecule has 0 saturated carbocycles. The Kier molecular flexibility index (Phi) is 5.44. The predicted octanol–water partition coefficient (Wildman–Crippen LogP) is 3.03. The first kappa shape index (κ1) is 15.0. The van der Waals surface area contributed by atoms with E-state index in [1.54, 1.807) is 0 Å². The summed E-state index contributed by atoms with van der Waals surface area (Å²) in [6.45, 7) is 13.5. The molecule has 0 aromatic carbocycles. The van der Waals surface area contributed by atoms with Crippen LogP contribution in [0.3, 0.4) is 0 Å². The molecule has 0 amide bonds. The molecule has 1 aliphatic rings. The summed E-state index contributed by atoms with van der Waals surface area (Å²) in [5.74, 6) is 1.97. The monoisotopic (exact) mass is 256 g/mol. The van der Waals surface area contributed by atoms with Gasteiger partial charge in [0.1, 0.15) is 0 Å². The molecular weight excluding hydrogens is 231 g/mol. The van der Waals surface area contributed by atoms with E-state index in [1.807, 2.05) is 5.98 Å². The lowest BCUT2D eigenvalue weighted by molar-refractivity contribution is 0.294. The fraction of sp³-hybridized carbons (Fsp3) is 0.833. The largest absolute Gasteiger partial charge is 0.485 e. The van der Waals surface area contributed by atoms with Gasteiger partial charge in [0.25, 0.3) is 0 Å². The zero-order chi connectivity index (χ0) is 12.9. The Labute approximate surface area is 107 Å². The smallest absolute Gasteiger partial charge is 0.417 e. The van der Waals surface area contributed by atoms with Gasteiger partial charge in [0.05, 0.1) is 13.2 Å². The zero-order valence-electron chi connectivity index (χ0n) is 11.8. The standard InChI is InChI=1S/C12H25BO3Si/c1-12(2,3)17(4,5)16-9-7-6-8-13-14-10-11-15-13/h6,8H,7,9-11H2,1-5H3/b8-6+. The minimum absolute atomic E-state index is 0.136. The molecule has 17 heavy (non-hydrogen) atoms. The third-order valence-corrected chi connectivity index (χ3v) is 8.03. The van der Waals surface area contributed by atoms with Crippen LogP contribution in [0.2, 0.25) is 18.1 Å². The van der Waals surface area contributed by atoms with Crippen LogP contribution in [0.5, 0.6) is 0 Å². The summed E-state index contributed by atoms with van der Waals surface area (Å²) in [7, 11) is -1.72. The predicted molar refractivity (Wildman–Crippen MR) is 74.6 cm³/mol. The summed E-state index contributed by atoms with van der Waals surface area (Å²) >= 11 is 0. The molecular formula is C12H25BO3Si. The maximum Gasteiger partial charge on any atom is 0.485 e. The normalized spacial score (nSPS) is 18.3. The topological polar surface area (TPSA) is 27.7 Å². The van der Waals surface area contributed by atoms with Crippen LogP contribution < -0.4 is 0 Å². The second-order valence-electron chi connectivity index (χ2n) is 5.94. The first-order valence-electron chi connectivity index (χ1n) is 6.37. The first-order chi connectivity index (χ1) is 7.83. The number of hydrogen-bond donors (Lipinski definition) is 0. The summed E-state index contributed by atoms with van der Waals surface area (Å²) < 4.78 is 16.7. The van der Waals surface area contributed by atoms with E-state index in [1.165, 1.54) is 0 Å². The van der Waals surface area contributed by atoms with Crippen molar-refractivity contribution in [3.8, 4) is 0 Å². The highest BCUT2D eigenvalue weighted by atomic mass is 28.4. The van der Waals surface area contributed by atoms with Gasteiger partial charge in [-0.25, -0.2) is 0 Å². The van der Waals surface area contributed by atoms with Gasteiger partial charge in [-0.3, -0.25) is 0 Å². The van der Waals surface area contributed by atoms with Crippen molar-refractivity contribution in [2.24, 2.45) is 0 Å². The lowest BCUT2D eigenvalue weighted by atomic mass is 9.90. The molecule has 0 N–H and O–H groups in total. The van der Waals surface area contributed by atoms with E-state index >= 15 is 0 Å². The third-order valence-electron chi connectivity index (χ3n) is 3.49. The molecule has 1 aliphatic heterocycles. The van der Waals surface area contributed by atoms with Gasteiger partial charge in [0.2, 0.25) is 0 Å². The van der Waals surface area contributed by atoms with Gasteiger partial charge in [-0.15, -0.1) is 0 Å². The molecule has 1 heterocycles. The van der Waals surface area contributed by atoms with Crippen LogP contribution in [0, 0.1) is 0 Å². The zero-order valence-corrected chi connectivity index (χ0v) is 12.8. The SMILES string of the molecule is CC(C)(C)[Si](C)(C)OCC/C=C/B1OCCO1. The van der Waals surface area contributed by atoms with Gasteiger partial charge < -0.3 is 13.7 Å². The molecule has 0 aromatic rings. The molecule has 0 aliphatic carbocycles. The van der Waals surface area contributed by atoms with E-state index < -0.39 is 8.32 Å². The number of rotatable bonds is 5. The van der Waals surface area contributed by atoms with Gasteiger partial charge in [-0.1, -0.05) is 32.8 Å². The summed E-state index contributed by atoms with van der Waals surface area (Å²) in [6, 6.07) is 0. The Morgan fingerprint density at radius 3 is 2.35 bits per heavy atom. The van der Waals surface area contributed by atoms with Crippen LogP contribution in [0.4, 0.5) is 0 Å². The summed E-state index contributed by atoms with van der Waals surface area (Å²) in [5.41, 5.74) is 0. The first-order valence-corrected chi connectivity index (χ1v) is 9.27. The Morgan fingerprint density at radius 2 is 1.82 bits per heavy atom. The van der Waals surface area contributed by atoms with E-state index in [-0.39, 0.29) is 12.2 Å². The van der Waals surface area contributed by atoms with Crippen LogP contribution in [0.25, 0.3) is 0 Å². The van der Waals surface area contributed by atoms with Crippen molar-refractivity contribution in [3.63, 3.8) is 0 Å². The Hall–Kier alpha value is -0.0982. The molecule has 0 unspecified atom stereocenters. The quantitative estimate of drug-likeness (QED) is 0.559. The molecule has 3 nitrogen and oxygen atoms in total. The third kappa shape index (κ3) is 4.96. The van der Waals surface area contributed by atoms with Crippen LogP contribution in [0.1, 0.15) is 27.2 Å². The van der Waals surface area contributed by atoms with Crippen molar-refractivity contribution < 1.29 is 13.7 Å². The van der Waals surface area contributed by atoms with Crippen molar-refractivity contribution in [2.75, 3.05) is 19.8 Å². The molecule has 1 saturated heterocycles. The molecule has 0 bridgehead atoms. The van der Waals surface area contributed by atoms with Gasteiger partial charge in [0.15, 0.2) is 8.32 Å². The average molecular weight is 256 g/mol. The highest BCUT2D eigenvalue weighted by molar-refractivity contribution is 6.74. The van der Waals surface area contributed by atoms with Crippen LogP contribution in [-0.2, 0) is 13.7 Å². The van der Waals surface area contributed by atoms with Gasteiger partial charge >= 0.3 is 7.12 Å². The molecule has 5 heteroatoms.